The quantitative estimate of drug-likeness (QED) is 0.789. The normalized spacial score (nSPS) is 28.4. The van der Waals surface area contributed by atoms with Crippen molar-refractivity contribution in [3.05, 3.63) is 21.9 Å². The maximum Gasteiger partial charge on any atom is 0.173 e. The van der Waals surface area contributed by atoms with E-state index in [0.29, 0.717) is 11.8 Å². The lowest BCUT2D eigenvalue weighted by molar-refractivity contribution is -0.174. The summed E-state index contributed by atoms with van der Waals surface area (Å²) in [6.07, 6.45) is 6.58. The van der Waals surface area contributed by atoms with Crippen LogP contribution in [0.1, 0.15) is 36.6 Å². The molecule has 1 aliphatic heterocycles. The van der Waals surface area contributed by atoms with E-state index < -0.39 is 5.79 Å². The Morgan fingerprint density at radius 1 is 1.48 bits per heavy atom. The Morgan fingerprint density at radius 2 is 2.38 bits per heavy atom. The van der Waals surface area contributed by atoms with Gasteiger partial charge in [-0.1, -0.05) is 24.9 Å². The molecule has 6 heteroatoms. The molecule has 0 N–H and O–H groups in total. The molecule has 2 aromatic heterocycles. The van der Waals surface area contributed by atoms with E-state index in [2.05, 4.69) is 16.9 Å². The van der Waals surface area contributed by atoms with Crippen molar-refractivity contribution in [2.45, 2.75) is 50.9 Å². The smallest absolute Gasteiger partial charge is 0.173 e. The molecule has 2 unspecified atom stereocenters. The molecule has 21 heavy (non-hydrogen) atoms. The van der Waals surface area contributed by atoms with Crippen LogP contribution in [0.15, 0.2) is 6.33 Å². The summed E-state index contributed by atoms with van der Waals surface area (Å²) >= 11 is 7.94. The first kappa shape index (κ1) is 13.9. The van der Waals surface area contributed by atoms with Crippen molar-refractivity contribution < 1.29 is 9.47 Å². The molecule has 1 spiro atoms. The van der Waals surface area contributed by atoms with Crippen LogP contribution in [0.2, 0.25) is 5.15 Å². The second kappa shape index (κ2) is 5.16. The molecule has 0 amide bonds. The molecule has 2 aliphatic rings. The monoisotopic (exact) mass is 324 g/mol. The Kier molecular flexibility index (Phi) is 3.41. The van der Waals surface area contributed by atoms with Crippen molar-refractivity contribution >= 4 is 33.2 Å². The number of hydrogen-bond donors (Lipinski definition) is 0. The maximum absolute atomic E-state index is 6.24. The standard InChI is InChI=1S/C15H17ClN2O2S/c1-2-3-9-7-19-15(20-9)5-4-10-11(6-15)21-14-12(10)13(16)17-8-18-14/h8-9H,2-7H2,1H3. The third-order valence-electron chi connectivity index (χ3n) is 4.33. The van der Waals surface area contributed by atoms with Gasteiger partial charge in [-0.25, -0.2) is 9.97 Å². The van der Waals surface area contributed by atoms with Gasteiger partial charge in [0.25, 0.3) is 0 Å². The molecule has 0 saturated carbocycles. The zero-order valence-corrected chi connectivity index (χ0v) is 13.5. The second-order valence-electron chi connectivity index (χ2n) is 5.78. The van der Waals surface area contributed by atoms with Crippen LogP contribution in [0, 0.1) is 0 Å². The minimum absolute atomic E-state index is 0.245. The number of ether oxygens (including phenoxy) is 2. The lowest BCUT2D eigenvalue weighted by Gasteiger charge is -2.31. The lowest BCUT2D eigenvalue weighted by Crippen LogP contribution is -2.37. The van der Waals surface area contributed by atoms with Gasteiger partial charge in [-0.3, -0.25) is 0 Å². The number of aromatic nitrogens is 2. The second-order valence-corrected chi connectivity index (χ2v) is 7.22. The summed E-state index contributed by atoms with van der Waals surface area (Å²) in [5, 5.41) is 1.59. The molecule has 4 rings (SSSR count). The lowest BCUT2D eigenvalue weighted by atomic mass is 9.92. The highest BCUT2D eigenvalue weighted by Gasteiger charge is 2.44. The average Bonchev–Trinajstić information content (AvgIpc) is 3.01. The summed E-state index contributed by atoms with van der Waals surface area (Å²) < 4.78 is 12.3. The van der Waals surface area contributed by atoms with Gasteiger partial charge in [0.05, 0.1) is 18.1 Å². The van der Waals surface area contributed by atoms with E-state index in [4.69, 9.17) is 21.1 Å². The number of aryl methyl sites for hydroxylation is 1. The molecule has 3 heterocycles. The van der Waals surface area contributed by atoms with Gasteiger partial charge in [-0.15, -0.1) is 11.3 Å². The molecule has 0 radical (unpaired) electrons. The summed E-state index contributed by atoms with van der Waals surface area (Å²) in [6, 6.07) is 0. The maximum atomic E-state index is 6.24. The minimum Gasteiger partial charge on any atom is -0.347 e. The highest BCUT2D eigenvalue weighted by molar-refractivity contribution is 7.19. The van der Waals surface area contributed by atoms with E-state index in [9.17, 15) is 0 Å². The summed E-state index contributed by atoms with van der Waals surface area (Å²) in [5.41, 5.74) is 1.29. The highest BCUT2D eigenvalue weighted by atomic mass is 35.5. The van der Waals surface area contributed by atoms with Gasteiger partial charge in [-0.2, -0.15) is 0 Å². The first-order chi connectivity index (χ1) is 10.2. The van der Waals surface area contributed by atoms with Crippen LogP contribution in [0.25, 0.3) is 10.2 Å². The number of nitrogens with zero attached hydrogens (tertiary/aromatic N) is 2. The molecular formula is C15H17ClN2O2S. The van der Waals surface area contributed by atoms with E-state index in [1.54, 1.807) is 11.3 Å². The topological polar surface area (TPSA) is 44.2 Å². The van der Waals surface area contributed by atoms with Gasteiger partial charge in [0.1, 0.15) is 16.3 Å². The molecule has 1 aliphatic carbocycles. The summed E-state index contributed by atoms with van der Waals surface area (Å²) in [7, 11) is 0. The summed E-state index contributed by atoms with van der Waals surface area (Å²) in [6.45, 7) is 2.90. The molecule has 1 fully saturated rings. The van der Waals surface area contributed by atoms with E-state index in [1.165, 1.54) is 16.8 Å². The number of rotatable bonds is 2. The van der Waals surface area contributed by atoms with Crippen molar-refractivity contribution in [1.82, 2.24) is 9.97 Å². The number of hydrogen-bond acceptors (Lipinski definition) is 5. The number of thiophene rings is 1. The molecule has 1 saturated heterocycles. The van der Waals surface area contributed by atoms with Crippen molar-refractivity contribution in [2.24, 2.45) is 0 Å². The molecule has 0 bridgehead atoms. The van der Waals surface area contributed by atoms with Gasteiger partial charge in [0.2, 0.25) is 0 Å². The zero-order valence-electron chi connectivity index (χ0n) is 11.9. The third-order valence-corrected chi connectivity index (χ3v) is 5.76. The number of fused-ring (bicyclic) bond motifs is 3. The van der Waals surface area contributed by atoms with Gasteiger partial charge >= 0.3 is 0 Å². The predicted molar refractivity (Wildman–Crippen MR) is 82.9 cm³/mol. The van der Waals surface area contributed by atoms with Gasteiger partial charge in [-0.05, 0) is 18.4 Å². The summed E-state index contributed by atoms with van der Waals surface area (Å²) in [5.74, 6) is -0.423. The van der Waals surface area contributed by atoms with Crippen molar-refractivity contribution in [1.29, 1.82) is 0 Å². The Morgan fingerprint density at radius 3 is 3.24 bits per heavy atom. The van der Waals surface area contributed by atoms with Crippen LogP contribution in [0.4, 0.5) is 0 Å². The fourth-order valence-corrected chi connectivity index (χ4v) is 4.94. The number of halogens is 1. The zero-order chi connectivity index (χ0) is 14.4. The highest BCUT2D eigenvalue weighted by Crippen LogP contribution is 2.44. The van der Waals surface area contributed by atoms with Crippen LogP contribution in [-0.2, 0) is 22.3 Å². The predicted octanol–water partition coefficient (Wildman–Crippen LogP) is 3.75. The molecule has 2 aromatic rings. The van der Waals surface area contributed by atoms with E-state index in [1.807, 2.05) is 0 Å². The van der Waals surface area contributed by atoms with Crippen LogP contribution < -0.4 is 0 Å². The molecule has 0 aromatic carbocycles. The van der Waals surface area contributed by atoms with Gasteiger partial charge < -0.3 is 9.47 Å². The van der Waals surface area contributed by atoms with E-state index in [0.717, 1.165) is 42.3 Å². The minimum atomic E-state index is -0.423. The van der Waals surface area contributed by atoms with Crippen molar-refractivity contribution in [2.75, 3.05) is 6.61 Å². The van der Waals surface area contributed by atoms with E-state index >= 15 is 0 Å². The Labute approximate surface area is 132 Å². The SMILES string of the molecule is CCCC1COC2(CCc3c(sc4ncnc(Cl)c34)C2)O1. The van der Waals surface area contributed by atoms with Gasteiger partial charge in [0.15, 0.2) is 5.79 Å². The third kappa shape index (κ3) is 2.27. The van der Waals surface area contributed by atoms with Crippen LogP contribution >= 0.6 is 22.9 Å². The first-order valence-electron chi connectivity index (χ1n) is 7.43. The average molecular weight is 325 g/mol. The Balaban J connectivity index is 1.67. The Bertz CT molecular complexity index is 690. The summed E-state index contributed by atoms with van der Waals surface area (Å²) in [4.78, 5) is 10.7. The fraction of sp³-hybridized carbons (Fsp3) is 0.600. The largest absolute Gasteiger partial charge is 0.347 e. The van der Waals surface area contributed by atoms with Crippen LogP contribution in [0.3, 0.4) is 0 Å². The molecule has 2 atom stereocenters. The van der Waals surface area contributed by atoms with Crippen LogP contribution in [-0.4, -0.2) is 28.5 Å². The van der Waals surface area contributed by atoms with E-state index in [-0.39, 0.29) is 6.10 Å². The molecule has 4 nitrogen and oxygen atoms in total. The van der Waals surface area contributed by atoms with Gasteiger partial charge in [0, 0.05) is 17.7 Å². The van der Waals surface area contributed by atoms with Crippen molar-refractivity contribution in [3.8, 4) is 0 Å². The Hall–Kier alpha value is -0.750. The first-order valence-corrected chi connectivity index (χ1v) is 8.63. The molecule has 112 valence electrons. The van der Waals surface area contributed by atoms with Crippen LogP contribution in [0.5, 0.6) is 0 Å². The molecular weight excluding hydrogens is 308 g/mol. The fourth-order valence-electron chi connectivity index (χ4n) is 3.36. The van der Waals surface area contributed by atoms with Crippen molar-refractivity contribution in [3.63, 3.8) is 0 Å².